The molecule has 1 N–H and O–H groups in total. The number of anilines is 1. The Morgan fingerprint density at radius 1 is 1.36 bits per heavy atom. The van der Waals surface area contributed by atoms with E-state index in [1.807, 2.05) is 0 Å². The maximum absolute atomic E-state index is 13.4. The molecule has 0 bridgehead atoms. The summed E-state index contributed by atoms with van der Waals surface area (Å²) in [5, 5.41) is 13.4. The minimum Gasteiger partial charge on any atom is -0.379 e. The molecule has 1 aliphatic rings. The van der Waals surface area contributed by atoms with E-state index in [1.165, 1.54) is 16.4 Å². The largest absolute Gasteiger partial charge is 0.379 e. The highest BCUT2D eigenvalue weighted by atomic mass is 32.2. The van der Waals surface area contributed by atoms with Crippen LogP contribution in [0.15, 0.2) is 18.2 Å². The summed E-state index contributed by atoms with van der Waals surface area (Å²) >= 11 is 0. The lowest BCUT2D eigenvalue weighted by Gasteiger charge is -2.26. The van der Waals surface area contributed by atoms with Crippen LogP contribution in [-0.2, 0) is 14.8 Å². The number of para-hydroxylation sites is 1. The molecule has 10 heteroatoms. The van der Waals surface area contributed by atoms with Gasteiger partial charge >= 0.3 is 5.69 Å². The van der Waals surface area contributed by atoms with E-state index in [9.17, 15) is 22.9 Å². The highest BCUT2D eigenvalue weighted by molar-refractivity contribution is 7.89. The number of rotatable bonds is 6. The predicted molar refractivity (Wildman–Crippen MR) is 77.7 cm³/mol. The number of nitro benzene ring substituents is 1. The Bertz CT molecular complexity index is 646. The van der Waals surface area contributed by atoms with E-state index >= 15 is 0 Å². The molecular formula is C12H16FN3O5S. The van der Waals surface area contributed by atoms with E-state index in [2.05, 4.69) is 5.32 Å². The maximum Gasteiger partial charge on any atom is 0.327 e. The molecule has 22 heavy (non-hydrogen) atoms. The van der Waals surface area contributed by atoms with Gasteiger partial charge in [-0.25, -0.2) is 8.42 Å². The molecular weight excluding hydrogens is 317 g/mol. The van der Waals surface area contributed by atoms with Crippen LogP contribution in [0.1, 0.15) is 0 Å². The number of halogens is 1. The Morgan fingerprint density at radius 2 is 2.05 bits per heavy atom. The second-order valence-corrected chi connectivity index (χ2v) is 6.74. The van der Waals surface area contributed by atoms with Crippen LogP contribution >= 0.6 is 0 Å². The average molecular weight is 333 g/mol. The molecule has 1 aromatic rings. The summed E-state index contributed by atoms with van der Waals surface area (Å²) in [4.78, 5) is 10.00. The van der Waals surface area contributed by atoms with Gasteiger partial charge in [-0.2, -0.15) is 8.70 Å². The summed E-state index contributed by atoms with van der Waals surface area (Å²) < 4.78 is 44.0. The second-order valence-electron chi connectivity index (χ2n) is 4.65. The van der Waals surface area contributed by atoms with Crippen molar-refractivity contribution in [2.24, 2.45) is 0 Å². The van der Waals surface area contributed by atoms with Gasteiger partial charge in [0, 0.05) is 19.6 Å². The van der Waals surface area contributed by atoms with Gasteiger partial charge in [0.1, 0.15) is 5.69 Å². The fourth-order valence-corrected chi connectivity index (χ4v) is 3.44. The van der Waals surface area contributed by atoms with Crippen molar-refractivity contribution in [1.29, 1.82) is 0 Å². The summed E-state index contributed by atoms with van der Waals surface area (Å²) in [6, 6.07) is 3.64. The lowest BCUT2D eigenvalue weighted by Crippen LogP contribution is -2.42. The zero-order chi connectivity index (χ0) is 16.2. The van der Waals surface area contributed by atoms with Crippen molar-refractivity contribution in [2.75, 3.05) is 43.9 Å². The van der Waals surface area contributed by atoms with E-state index < -0.39 is 26.5 Å². The van der Waals surface area contributed by atoms with Crippen molar-refractivity contribution in [3.8, 4) is 0 Å². The Kier molecular flexibility index (Phi) is 5.27. The van der Waals surface area contributed by atoms with E-state index in [4.69, 9.17) is 4.74 Å². The number of morpholine rings is 1. The van der Waals surface area contributed by atoms with Crippen LogP contribution in [0.4, 0.5) is 15.8 Å². The smallest absolute Gasteiger partial charge is 0.327 e. The van der Waals surface area contributed by atoms with Crippen LogP contribution < -0.4 is 5.32 Å². The van der Waals surface area contributed by atoms with Gasteiger partial charge in [-0.1, -0.05) is 6.07 Å². The molecule has 0 saturated carbocycles. The molecule has 1 aliphatic heterocycles. The SMILES string of the molecule is O=[N+]([O-])c1c(F)cccc1NCCS(=O)(=O)N1CCOCC1. The van der Waals surface area contributed by atoms with Crippen LogP contribution in [-0.4, -0.2) is 56.2 Å². The number of nitrogens with one attached hydrogen (secondary N) is 1. The number of nitrogens with zero attached hydrogens (tertiary/aromatic N) is 2. The molecule has 1 fully saturated rings. The summed E-state index contributed by atoms with van der Waals surface area (Å²) in [5.74, 6) is -1.20. The van der Waals surface area contributed by atoms with Crippen LogP contribution in [0.5, 0.6) is 0 Å². The third-order valence-electron chi connectivity index (χ3n) is 3.21. The highest BCUT2D eigenvalue weighted by Crippen LogP contribution is 2.26. The predicted octanol–water partition coefficient (Wildman–Crippen LogP) is 0.808. The lowest BCUT2D eigenvalue weighted by molar-refractivity contribution is -0.386. The monoisotopic (exact) mass is 333 g/mol. The summed E-state index contributed by atoms with van der Waals surface area (Å²) in [6.07, 6.45) is 0. The molecule has 0 aromatic heterocycles. The number of hydrogen-bond donors (Lipinski definition) is 1. The van der Waals surface area contributed by atoms with Crippen LogP contribution in [0, 0.1) is 15.9 Å². The molecule has 1 aromatic carbocycles. The standard InChI is InChI=1S/C12H16FN3O5S/c13-10-2-1-3-11(12(10)16(17)18)14-4-9-22(19,20)15-5-7-21-8-6-15/h1-3,14H,4-9H2. The lowest BCUT2D eigenvalue weighted by atomic mass is 10.2. The van der Waals surface area contributed by atoms with Crippen molar-refractivity contribution in [3.63, 3.8) is 0 Å². The third-order valence-corrected chi connectivity index (χ3v) is 5.08. The number of sulfonamides is 1. The molecule has 1 heterocycles. The average Bonchev–Trinajstić information content (AvgIpc) is 2.47. The van der Waals surface area contributed by atoms with Crippen molar-refractivity contribution in [2.45, 2.75) is 0 Å². The van der Waals surface area contributed by atoms with Gasteiger partial charge < -0.3 is 10.1 Å². The van der Waals surface area contributed by atoms with Crippen LogP contribution in [0.3, 0.4) is 0 Å². The molecule has 122 valence electrons. The van der Waals surface area contributed by atoms with Gasteiger partial charge in [0.2, 0.25) is 15.8 Å². The molecule has 8 nitrogen and oxygen atoms in total. The molecule has 0 spiro atoms. The molecule has 0 unspecified atom stereocenters. The fraction of sp³-hybridized carbons (Fsp3) is 0.500. The van der Waals surface area contributed by atoms with Gasteiger partial charge in [0.05, 0.1) is 23.9 Å². The Labute approximate surface area is 127 Å². The number of hydrogen-bond acceptors (Lipinski definition) is 6. The number of nitro groups is 1. The molecule has 0 atom stereocenters. The first-order chi connectivity index (χ1) is 10.4. The first-order valence-corrected chi connectivity index (χ1v) is 8.25. The molecule has 1 saturated heterocycles. The van der Waals surface area contributed by atoms with Crippen LogP contribution in [0.25, 0.3) is 0 Å². The first-order valence-electron chi connectivity index (χ1n) is 6.64. The topological polar surface area (TPSA) is 102 Å². The van der Waals surface area contributed by atoms with Crippen LogP contribution in [0.2, 0.25) is 0 Å². The zero-order valence-electron chi connectivity index (χ0n) is 11.7. The number of benzene rings is 1. The molecule has 0 amide bonds. The molecule has 2 rings (SSSR count). The fourth-order valence-electron chi connectivity index (χ4n) is 2.11. The molecule has 0 radical (unpaired) electrons. The highest BCUT2D eigenvalue weighted by Gasteiger charge is 2.25. The second kappa shape index (κ2) is 6.99. The number of ether oxygens (including phenoxy) is 1. The van der Waals surface area contributed by atoms with Gasteiger partial charge in [-0.15, -0.1) is 0 Å². The van der Waals surface area contributed by atoms with Crippen molar-refractivity contribution in [1.82, 2.24) is 4.31 Å². The van der Waals surface area contributed by atoms with Gasteiger partial charge in [0.25, 0.3) is 0 Å². The summed E-state index contributed by atoms with van der Waals surface area (Å²) in [6.45, 7) is 1.24. The van der Waals surface area contributed by atoms with Crippen molar-refractivity contribution in [3.05, 3.63) is 34.1 Å². The summed E-state index contributed by atoms with van der Waals surface area (Å²) in [5.41, 5.74) is -0.728. The van der Waals surface area contributed by atoms with Gasteiger partial charge in [0.15, 0.2) is 0 Å². The summed E-state index contributed by atoms with van der Waals surface area (Å²) in [7, 11) is -3.47. The minimum absolute atomic E-state index is 0.0397. The van der Waals surface area contributed by atoms with Gasteiger partial charge in [-0.3, -0.25) is 10.1 Å². The van der Waals surface area contributed by atoms with Gasteiger partial charge in [-0.05, 0) is 12.1 Å². The van der Waals surface area contributed by atoms with E-state index in [0.717, 1.165) is 6.07 Å². The van der Waals surface area contributed by atoms with E-state index in [0.29, 0.717) is 26.3 Å². The normalized spacial score (nSPS) is 16.4. The quantitative estimate of drug-likeness (QED) is 0.610. The minimum atomic E-state index is -3.47. The Hall–Kier alpha value is -1.78. The van der Waals surface area contributed by atoms with Crippen molar-refractivity contribution >= 4 is 21.4 Å². The van der Waals surface area contributed by atoms with E-state index in [-0.39, 0.29) is 18.0 Å². The Balaban J connectivity index is 1.99. The van der Waals surface area contributed by atoms with Crippen molar-refractivity contribution < 1.29 is 22.5 Å². The first kappa shape index (κ1) is 16.6. The maximum atomic E-state index is 13.4. The molecule has 0 aliphatic carbocycles. The third kappa shape index (κ3) is 3.90. The Morgan fingerprint density at radius 3 is 2.68 bits per heavy atom. The zero-order valence-corrected chi connectivity index (χ0v) is 12.5. The van der Waals surface area contributed by atoms with E-state index in [1.54, 1.807) is 0 Å².